The smallest absolute Gasteiger partial charge is 0.260 e. The minimum absolute atomic E-state index is 0.169. The average Bonchev–Trinajstić information content (AvgIpc) is 3.65. The Kier molecular flexibility index (Phi) is 7.04. The lowest BCUT2D eigenvalue weighted by Gasteiger charge is -2.28. The Balaban J connectivity index is 1.30. The van der Waals surface area contributed by atoms with E-state index in [1.807, 2.05) is 42.5 Å². The molecule has 6 rings (SSSR count). The maximum Gasteiger partial charge on any atom is 0.260 e. The molecule has 0 bridgehead atoms. The molecule has 7 nitrogen and oxygen atoms in total. The monoisotopic (exact) mass is 571 g/mol. The van der Waals surface area contributed by atoms with Gasteiger partial charge in [0.15, 0.2) is 5.13 Å². The summed E-state index contributed by atoms with van der Waals surface area (Å²) in [6.45, 7) is 5.21. The quantitative estimate of drug-likeness (QED) is 0.220. The first-order chi connectivity index (χ1) is 19.3. The number of hydrogen-bond donors (Lipinski definition) is 0. The van der Waals surface area contributed by atoms with Gasteiger partial charge in [0.1, 0.15) is 5.76 Å². The SMILES string of the molecule is CC(C)c1cccc2sc(N(Cc3ccco3)C(=O)c3ccc(S(=O)(=O)N4CCc5ccccc5C4)cc3)nc12. The van der Waals surface area contributed by atoms with E-state index in [9.17, 15) is 13.2 Å². The first-order valence-corrected chi connectivity index (χ1v) is 15.5. The second-order valence-corrected chi connectivity index (χ2v) is 13.1. The standard InChI is InChI=1S/C31H29N3O4S2/c1-21(2)27-10-5-11-28-29(27)32-31(39-28)34(20-25-9-6-18-38-25)30(35)23-12-14-26(15-13-23)40(36,37)33-17-16-22-7-3-4-8-24(22)19-33/h3-15,18,21H,16-17,19-20H2,1-2H3. The molecule has 1 aliphatic rings. The van der Waals surface area contributed by atoms with E-state index in [4.69, 9.17) is 9.40 Å². The predicted octanol–water partition coefficient (Wildman–Crippen LogP) is 6.61. The minimum Gasteiger partial charge on any atom is -0.467 e. The minimum atomic E-state index is -3.71. The number of furan rings is 1. The molecule has 0 spiro atoms. The van der Waals surface area contributed by atoms with Crippen LogP contribution in [0.3, 0.4) is 0 Å². The summed E-state index contributed by atoms with van der Waals surface area (Å²) < 4.78 is 34.9. The number of rotatable bonds is 7. The summed E-state index contributed by atoms with van der Waals surface area (Å²) in [5, 5.41) is 0.563. The summed E-state index contributed by atoms with van der Waals surface area (Å²) in [6.07, 6.45) is 2.25. The van der Waals surface area contributed by atoms with Crippen molar-refractivity contribution in [1.29, 1.82) is 0 Å². The van der Waals surface area contributed by atoms with E-state index in [0.717, 1.165) is 21.3 Å². The van der Waals surface area contributed by atoms with Gasteiger partial charge in [-0.2, -0.15) is 4.31 Å². The van der Waals surface area contributed by atoms with Gasteiger partial charge in [-0.1, -0.05) is 61.6 Å². The van der Waals surface area contributed by atoms with Gasteiger partial charge < -0.3 is 4.42 Å². The van der Waals surface area contributed by atoms with Crippen molar-refractivity contribution in [2.45, 2.75) is 44.2 Å². The van der Waals surface area contributed by atoms with Gasteiger partial charge in [-0.3, -0.25) is 9.69 Å². The van der Waals surface area contributed by atoms with Gasteiger partial charge in [0, 0.05) is 18.7 Å². The Morgan fingerprint density at radius 2 is 1.77 bits per heavy atom. The fourth-order valence-electron chi connectivity index (χ4n) is 5.07. The fourth-order valence-corrected chi connectivity index (χ4v) is 7.49. The molecule has 204 valence electrons. The van der Waals surface area contributed by atoms with Crippen LogP contribution >= 0.6 is 11.3 Å². The zero-order chi connectivity index (χ0) is 27.9. The van der Waals surface area contributed by atoms with E-state index < -0.39 is 10.0 Å². The van der Waals surface area contributed by atoms with E-state index in [2.05, 4.69) is 19.9 Å². The largest absolute Gasteiger partial charge is 0.467 e. The zero-order valence-electron chi connectivity index (χ0n) is 22.3. The number of thiazole rings is 1. The summed E-state index contributed by atoms with van der Waals surface area (Å²) in [5.74, 6) is 0.634. The molecule has 0 unspecified atom stereocenters. The van der Waals surface area contributed by atoms with Crippen LogP contribution in [-0.2, 0) is 29.5 Å². The van der Waals surface area contributed by atoms with Gasteiger partial charge in [-0.15, -0.1) is 0 Å². The molecule has 1 amide bonds. The van der Waals surface area contributed by atoms with E-state index in [1.54, 1.807) is 29.4 Å². The number of amides is 1. The topological polar surface area (TPSA) is 83.7 Å². The van der Waals surface area contributed by atoms with Crippen molar-refractivity contribution >= 4 is 42.6 Å². The fraction of sp³-hybridized carbons (Fsp3) is 0.226. The van der Waals surface area contributed by atoms with Crippen LogP contribution in [0.1, 0.15) is 52.6 Å². The Morgan fingerprint density at radius 1 is 1.00 bits per heavy atom. The Morgan fingerprint density at radius 3 is 2.50 bits per heavy atom. The summed E-state index contributed by atoms with van der Waals surface area (Å²) in [7, 11) is -3.71. The lowest BCUT2D eigenvalue weighted by molar-refractivity contribution is 0.0983. The summed E-state index contributed by atoms with van der Waals surface area (Å²) in [4.78, 5) is 20.5. The zero-order valence-corrected chi connectivity index (χ0v) is 23.9. The van der Waals surface area contributed by atoms with Gasteiger partial charge in [-0.25, -0.2) is 13.4 Å². The van der Waals surface area contributed by atoms with Crippen LogP contribution < -0.4 is 4.90 Å². The van der Waals surface area contributed by atoms with Gasteiger partial charge in [0.2, 0.25) is 10.0 Å². The summed E-state index contributed by atoms with van der Waals surface area (Å²) in [6, 6.07) is 23.8. The van der Waals surface area contributed by atoms with Crippen LogP contribution in [0.25, 0.3) is 10.2 Å². The third-order valence-electron chi connectivity index (χ3n) is 7.27. The third kappa shape index (κ3) is 4.96. The highest BCUT2D eigenvalue weighted by atomic mass is 32.2. The molecular formula is C31H29N3O4S2. The van der Waals surface area contributed by atoms with Crippen LogP contribution in [0.5, 0.6) is 0 Å². The third-order valence-corrected chi connectivity index (χ3v) is 10.2. The van der Waals surface area contributed by atoms with Crippen molar-refractivity contribution in [3.63, 3.8) is 0 Å². The molecule has 1 aliphatic heterocycles. The van der Waals surface area contributed by atoms with E-state index in [-0.39, 0.29) is 23.3 Å². The van der Waals surface area contributed by atoms with Crippen LogP contribution in [0.15, 0.2) is 94.4 Å². The number of para-hydroxylation sites is 1. The van der Waals surface area contributed by atoms with Crippen LogP contribution in [0, 0.1) is 0 Å². The molecule has 2 aromatic heterocycles. The van der Waals surface area contributed by atoms with Crippen molar-refractivity contribution in [2.75, 3.05) is 11.4 Å². The van der Waals surface area contributed by atoms with Crippen molar-refractivity contribution in [3.8, 4) is 0 Å². The number of carbonyl (C=O) groups excluding carboxylic acids is 1. The molecule has 3 heterocycles. The first kappa shape index (κ1) is 26.4. The van der Waals surface area contributed by atoms with E-state index in [1.165, 1.54) is 33.3 Å². The second kappa shape index (κ2) is 10.6. The average molecular weight is 572 g/mol. The maximum absolute atomic E-state index is 13.9. The van der Waals surface area contributed by atoms with Crippen molar-refractivity contribution < 1.29 is 17.6 Å². The molecular weight excluding hydrogens is 542 g/mol. The molecule has 0 atom stereocenters. The highest BCUT2D eigenvalue weighted by Crippen LogP contribution is 2.35. The number of nitrogens with zero attached hydrogens (tertiary/aromatic N) is 3. The first-order valence-electron chi connectivity index (χ1n) is 13.2. The van der Waals surface area contributed by atoms with Gasteiger partial charge >= 0.3 is 0 Å². The molecule has 0 saturated heterocycles. The molecule has 0 aliphatic carbocycles. The molecule has 5 aromatic rings. The highest BCUT2D eigenvalue weighted by molar-refractivity contribution is 7.89. The predicted molar refractivity (Wildman–Crippen MR) is 157 cm³/mol. The van der Waals surface area contributed by atoms with Gasteiger partial charge in [0.25, 0.3) is 5.91 Å². The van der Waals surface area contributed by atoms with Crippen LogP contribution in [0.2, 0.25) is 0 Å². The van der Waals surface area contributed by atoms with Crippen LogP contribution in [0.4, 0.5) is 5.13 Å². The van der Waals surface area contributed by atoms with Gasteiger partial charge in [-0.05, 0) is 71.5 Å². The Hall–Kier alpha value is -3.79. The number of carbonyl (C=O) groups is 1. The number of aromatic nitrogens is 1. The van der Waals surface area contributed by atoms with Crippen LogP contribution in [-0.4, -0.2) is 30.2 Å². The number of hydrogen-bond acceptors (Lipinski definition) is 6. The molecule has 3 aromatic carbocycles. The van der Waals surface area contributed by atoms with Gasteiger partial charge in [0.05, 0.1) is 27.9 Å². The van der Waals surface area contributed by atoms with E-state index >= 15 is 0 Å². The molecule has 0 saturated carbocycles. The van der Waals surface area contributed by atoms with Crippen molar-refractivity contribution in [2.24, 2.45) is 0 Å². The number of fused-ring (bicyclic) bond motifs is 2. The Labute approximate surface area is 237 Å². The molecule has 0 fully saturated rings. The molecule has 0 N–H and O–H groups in total. The number of benzene rings is 3. The lowest BCUT2D eigenvalue weighted by atomic mass is 10.0. The lowest BCUT2D eigenvalue weighted by Crippen LogP contribution is -2.36. The Bertz CT molecular complexity index is 1780. The van der Waals surface area contributed by atoms with Crippen molar-refractivity contribution in [3.05, 3.63) is 113 Å². The van der Waals surface area contributed by atoms with E-state index in [0.29, 0.717) is 36.0 Å². The normalized spacial score (nSPS) is 14.0. The summed E-state index contributed by atoms with van der Waals surface area (Å²) in [5.41, 5.74) is 4.59. The maximum atomic E-state index is 13.9. The summed E-state index contributed by atoms with van der Waals surface area (Å²) >= 11 is 1.45. The second-order valence-electron chi connectivity index (χ2n) is 10.2. The number of anilines is 1. The van der Waals surface area contributed by atoms with Crippen molar-refractivity contribution in [1.82, 2.24) is 9.29 Å². The molecule has 0 radical (unpaired) electrons. The number of sulfonamides is 1. The molecule has 40 heavy (non-hydrogen) atoms. The molecule has 9 heteroatoms. The highest BCUT2D eigenvalue weighted by Gasteiger charge is 2.29.